The summed E-state index contributed by atoms with van der Waals surface area (Å²) in [4.78, 5) is 36.7. The van der Waals surface area contributed by atoms with Crippen molar-refractivity contribution in [1.82, 2.24) is 9.80 Å². The van der Waals surface area contributed by atoms with Crippen molar-refractivity contribution in [2.45, 2.75) is 18.9 Å². The molecular formula is C20H27FN2O7. The number of amides is 1. The van der Waals surface area contributed by atoms with Gasteiger partial charge in [-0.25, -0.2) is 4.39 Å². The summed E-state index contributed by atoms with van der Waals surface area (Å²) in [7, 11) is 0. The van der Waals surface area contributed by atoms with Crippen LogP contribution in [0.3, 0.4) is 0 Å². The van der Waals surface area contributed by atoms with Crippen molar-refractivity contribution < 1.29 is 38.8 Å². The molecule has 9 nitrogen and oxygen atoms in total. The lowest BCUT2D eigenvalue weighted by Crippen LogP contribution is -2.59. The Labute approximate surface area is 173 Å². The second-order valence-corrected chi connectivity index (χ2v) is 7.38. The number of carboxylic acid groups (broad SMARTS) is 2. The van der Waals surface area contributed by atoms with Crippen LogP contribution in [0.2, 0.25) is 0 Å². The van der Waals surface area contributed by atoms with E-state index >= 15 is 0 Å². The van der Waals surface area contributed by atoms with Crippen LogP contribution in [0.15, 0.2) is 24.3 Å². The number of carbonyl (C=O) groups excluding carboxylic acids is 1. The van der Waals surface area contributed by atoms with E-state index in [2.05, 4.69) is 0 Å². The first-order valence-corrected chi connectivity index (χ1v) is 9.64. The number of nitrogens with zero attached hydrogens (tertiary/aromatic N) is 2. The van der Waals surface area contributed by atoms with Gasteiger partial charge in [-0.05, 0) is 30.5 Å². The minimum absolute atomic E-state index is 0.0391. The molecule has 1 amide bonds. The summed E-state index contributed by atoms with van der Waals surface area (Å²) in [6.07, 6.45) is -0.968. The van der Waals surface area contributed by atoms with Crippen molar-refractivity contribution in [3.05, 3.63) is 35.6 Å². The van der Waals surface area contributed by atoms with Gasteiger partial charge in [0.2, 0.25) is 5.91 Å². The lowest BCUT2D eigenvalue weighted by molar-refractivity contribution is -0.166. The van der Waals surface area contributed by atoms with Gasteiger partial charge < -0.3 is 25.0 Å². The van der Waals surface area contributed by atoms with Crippen LogP contribution in [0.1, 0.15) is 12.0 Å². The third kappa shape index (κ3) is 5.97. The lowest BCUT2D eigenvalue weighted by Gasteiger charge is -2.44. The zero-order valence-electron chi connectivity index (χ0n) is 16.6. The maximum atomic E-state index is 13.5. The number of halogens is 1. The van der Waals surface area contributed by atoms with Crippen molar-refractivity contribution in [3.8, 4) is 0 Å². The fraction of sp³-hybridized carbons (Fsp3) is 0.550. The van der Waals surface area contributed by atoms with E-state index < -0.39 is 23.3 Å². The molecule has 1 aromatic carbocycles. The maximum Gasteiger partial charge on any atom is 0.314 e. The van der Waals surface area contributed by atoms with Gasteiger partial charge in [0.1, 0.15) is 11.2 Å². The van der Waals surface area contributed by atoms with Gasteiger partial charge in [0.25, 0.3) is 6.47 Å². The molecule has 0 aliphatic carbocycles. The summed E-state index contributed by atoms with van der Waals surface area (Å²) >= 11 is 0. The molecule has 0 aromatic heterocycles. The first-order chi connectivity index (χ1) is 14.3. The molecule has 2 heterocycles. The zero-order chi connectivity index (χ0) is 22.1. The molecule has 2 aliphatic heterocycles. The number of benzene rings is 1. The number of ether oxygens (including phenoxy) is 1. The van der Waals surface area contributed by atoms with Gasteiger partial charge in [-0.3, -0.25) is 19.3 Å². The number of aliphatic hydroxyl groups is 1. The van der Waals surface area contributed by atoms with Crippen molar-refractivity contribution in [2.75, 3.05) is 45.9 Å². The molecule has 3 N–H and O–H groups in total. The Bertz CT molecular complexity index is 742. The maximum absolute atomic E-state index is 13.5. The fourth-order valence-corrected chi connectivity index (χ4v) is 3.81. The number of hydrogen-bond donors (Lipinski definition) is 3. The number of carboxylic acids is 1. The predicted octanol–water partition coefficient (Wildman–Crippen LogP) is 0.0654. The molecule has 30 heavy (non-hydrogen) atoms. The Balaban J connectivity index is 0.00000101. The molecule has 1 aromatic rings. The van der Waals surface area contributed by atoms with Crippen LogP contribution in [-0.2, 0) is 25.5 Å². The van der Waals surface area contributed by atoms with Crippen LogP contribution in [0.4, 0.5) is 4.39 Å². The van der Waals surface area contributed by atoms with Crippen molar-refractivity contribution in [3.63, 3.8) is 0 Å². The number of morpholine rings is 1. The largest absolute Gasteiger partial charge is 0.483 e. The minimum Gasteiger partial charge on any atom is -0.483 e. The predicted molar refractivity (Wildman–Crippen MR) is 103 cm³/mol. The number of piperidine rings is 1. The van der Waals surface area contributed by atoms with E-state index in [4.69, 9.17) is 14.6 Å². The number of carbonyl (C=O) groups is 3. The average Bonchev–Trinajstić information content (AvgIpc) is 2.71. The van der Waals surface area contributed by atoms with Crippen molar-refractivity contribution in [2.24, 2.45) is 5.41 Å². The SMILES string of the molecule is O=C(CN1CCOCC1)N1CC[C@H](O)[C@](Cc2cccc(F)c2)(C(=O)O)C1.O=CO. The second-order valence-electron chi connectivity index (χ2n) is 7.38. The van der Waals surface area contributed by atoms with Gasteiger partial charge in [0.15, 0.2) is 0 Å². The molecule has 0 unspecified atom stereocenters. The summed E-state index contributed by atoms with van der Waals surface area (Å²) in [5, 5.41) is 27.3. The molecule has 166 valence electrons. The van der Waals surface area contributed by atoms with Crippen molar-refractivity contribution in [1.29, 1.82) is 0 Å². The standard InChI is InChI=1S/C19H25FN2O5.CH2O2/c20-15-3-1-2-14(10-15)11-19(18(25)26)13-22(5-4-16(19)23)17(24)12-21-6-8-27-9-7-21;2-1-3/h1-3,10,16,23H,4-9,11-13H2,(H,25,26);1H,(H,2,3)/t16-,19+;/m0./s1. The highest BCUT2D eigenvalue weighted by Gasteiger charge is 2.50. The Morgan fingerprint density at radius 3 is 2.53 bits per heavy atom. The molecule has 10 heteroatoms. The quantitative estimate of drug-likeness (QED) is 0.565. The van der Waals surface area contributed by atoms with E-state index in [0.29, 0.717) is 38.4 Å². The van der Waals surface area contributed by atoms with E-state index in [-0.39, 0.29) is 38.3 Å². The van der Waals surface area contributed by atoms with E-state index in [9.17, 15) is 24.2 Å². The van der Waals surface area contributed by atoms with Gasteiger partial charge in [0.05, 0.1) is 25.9 Å². The van der Waals surface area contributed by atoms with E-state index in [0.717, 1.165) is 0 Å². The highest BCUT2D eigenvalue weighted by Crippen LogP contribution is 2.35. The van der Waals surface area contributed by atoms with Gasteiger partial charge in [-0.1, -0.05) is 12.1 Å². The lowest BCUT2D eigenvalue weighted by atomic mass is 9.72. The molecule has 0 radical (unpaired) electrons. The molecular weight excluding hydrogens is 399 g/mol. The first-order valence-electron chi connectivity index (χ1n) is 9.64. The topological polar surface area (TPSA) is 128 Å². The number of rotatable bonds is 5. The minimum atomic E-state index is -1.55. The number of likely N-dealkylation sites (tertiary alicyclic amines) is 1. The van der Waals surface area contributed by atoms with Crippen LogP contribution in [0.5, 0.6) is 0 Å². The van der Waals surface area contributed by atoms with Gasteiger partial charge in [0, 0.05) is 26.2 Å². The Kier molecular flexibility index (Phi) is 8.70. The van der Waals surface area contributed by atoms with E-state index in [1.807, 2.05) is 4.90 Å². The van der Waals surface area contributed by atoms with Crippen LogP contribution in [0, 0.1) is 11.2 Å². The highest BCUT2D eigenvalue weighted by molar-refractivity contribution is 5.81. The highest BCUT2D eigenvalue weighted by atomic mass is 19.1. The van der Waals surface area contributed by atoms with Gasteiger partial charge >= 0.3 is 5.97 Å². The Hall–Kier alpha value is -2.56. The average molecular weight is 426 g/mol. The van der Waals surface area contributed by atoms with Crippen LogP contribution in [-0.4, -0.2) is 95.5 Å². The molecule has 0 spiro atoms. The number of aliphatic carboxylic acids is 1. The summed E-state index contributed by atoms with van der Waals surface area (Å²) in [5.74, 6) is -1.80. The Morgan fingerprint density at radius 1 is 1.27 bits per heavy atom. The van der Waals surface area contributed by atoms with Gasteiger partial charge in [-0.2, -0.15) is 0 Å². The zero-order valence-corrected chi connectivity index (χ0v) is 16.6. The summed E-state index contributed by atoms with van der Waals surface area (Å²) in [5.41, 5.74) is -1.06. The molecule has 2 saturated heterocycles. The number of aliphatic hydroxyl groups excluding tert-OH is 1. The van der Waals surface area contributed by atoms with Crippen LogP contribution < -0.4 is 0 Å². The third-order valence-corrected chi connectivity index (χ3v) is 5.43. The Morgan fingerprint density at radius 2 is 1.93 bits per heavy atom. The second kappa shape index (κ2) is 11.0. The molecule has 0 bridgehead atoms. The summed E-state index contributed by atoms with van der Waals surface area (Å²) < 4.78 is 18.8. The fourth-order valence-electron chi connectivity index (χ4n) is 3.81. The monoisotopic (exact) mass is 426 g/mol. The van der Waals surface area contributed by atoms with E-state index in [1.165, 1.54) is 23.1 Å². The molecule has 2 aliphatic rings. The van der Waals surface area contributed by atoms with E-state index in [1.54, 1.807) is 6.07 Å². The molecule has 2 fully saturated rings. The first kappa shape index (κ1) is 23.7. The molecule has 2 atom stereocenters. The van der Waals surface area contributed by atoms with Crippen molar-refractivity contribution >= 4 is 18.3 Å². The molecule has 3 rings (SSSR count). The van der Waals surface area contributed by atoms with Crippen LogP contribution >= 0.6 is 0 Å². The number of hydrogen-bond acceptors (Lipinski definition) is 6. The van der Waals surface area contributed by atoms with Gasteiger partial charge in [-0.15, -0.1) is 0 Å². The summed E-state index contributed by atoms with van der Waals surface area (Å²) in [6.45, 7) is 2.64. The smallest absolute Gasteiger partial charge is 0.314 e. The summed E-state index contributed by atoms with van der Waals surface area (Å²) in [6, 6.07) is 5.70. The molecule has 0 saturated carbocycles. The third-order valence-electron chi connectivity index (χ3n) is 5.43. The van der Waals surface area contributed by atoms with Crippen LogP contribution in [0.25, 0.3) is 0 Å². The normalized spacial score (nSPS) is 24.5.